The van der Waals surface area contributed by atoms with Gasteiger partial charge in [-0.25, -0.2) is 0 Å². The molecule has 176 valence electrons. The standard InChI is InChI=1S/C29H36O4/c1-27-15-12-26-24(11-16-29-14-4-3-13-28(26,29)19-32-20-33-29)25(27)10-7-22(27)18-31-17-21-5-8-23(30-2)9-6-21/h3,5-6,8-10,13,22H,4,7,11-12,14-20H2,1-2H3/t22-,27-,28+,29-/m1/s1. The molecular weight excluding hydrogens is 412 g/mol. The first-order chi connectivity index (χ1) is 16.1. The molecule has 1 aromatic carbocycles. The van der Waals surface area contributed by atoms with Crippen LogP contribution in [0.15, 0.2) is 59.2 Å². The topological polar surface area (TPSA) is 36.9 Å². The predicted molar refractivity (Wildman–Crippen MR) is 128 cm³/mol. The summed E-state index contributed by atoms with van der Waals surface area (Å²) in [5.74, 6) is 1.43. The largest absolute Gasteiger partial charge is 0.497 e. The Kier molecular flexibility index (Phi) is 5.32. The zero-order valence-corrected chi connectivity index (χ0v) is 20.0. The molecule has 0 spiro atoms. The Morgan fingerprint density at radius 1 is 1.09 bits per heavy atom. The summed E-state index contributed by atoms with van der Waals surface area (Å²) in [7, 11) is 1.70. The molecule has 1 heterocycles. The lowest BCUT2D eigenvalue weighted by Crippen LogP contribution is -2.60. The van der Waals surface area contributed by atoms with E-state index >= 15 is 0 Å². The molecule has 5 aliphatic rings. The second-order valence-electron chi connectivity index (χ2n) is 10.8. The lowest BCUT2D eigenvalue weighted by Gasteiger charge is -2.59. The van der Waals surface area contributed by atoms with Crippen molar-refractivity contribution in [2.45, 2.75) is 64.1 Å². The molecule has 0 saturated carbocycles. The number of rotatable bonds is 5. The first-order valence-electron chi connectivity index (χ1n) is 12.6. The van der Waals surface area contributed by atoms with E-state index in [1.807, 2.05) is 12.1 Å². The number of allylic oxidation sites excluding steroid dienone is 4. The Hall–Kier alpha value is -1.88. The second kappa shape index (κ2) is 8.11. The van der Waals surface area contributed by atoms with Gasteiger partial charge in [0.25, 0.3) is 0 Å². The van der Waals surface area contributed by atoms with Crippen molar-refractivity contribution in [2.75, 3.05) is 27.1 Å². The van der Waals surface area contributed by atoms with Gasteiger partial charge in [0.05, 0.1) is 37.9 Å². The Bertz CT molecular complexity index is 1000. The molecule has 0 amide bonds. The van der Waals surface area contributed by atoms with Crippen molar-refractivity contribution in [1.29, 1.82) is 0 Å². The SMILES string of the molecule is COc1ccc(COC[C@H]2CC=C3C4=C(CC[C@@]32C)[C@@]23C=CCC[C@]2(CC4)OCOC3)cc1. The summed E-state index contributed by atoms with van der Waals surface area (Å²) in [5.41, 5.74) is 6.16. The highest BCUT2D eigenvalue weighted by Crippen LogP contribution is 2.64. The second-order valence-corrected chi connectivity index (χ2v) is 10.8. The maximum atomic E-state index is 6.43. The van der Waals surface area contributed by atoms with Crippen LogP contribution < -0.4 is 4.74 Å². The molecule has 6 rings (SSSR count). The van der Waals surface area contributed by atoms with Crippen molar-refractivity contribution in [2.24, 2.45) is 16.7 Å². The molecule has 1 aromatic rings. The van der Waals surface area contributed by atoms with Crippen molar-refractivity contribution in [3.8, 4) is 5.75 Å². The molecule has 1 fully saturated rings. The van der Waals surface area contributed by atoms with Gasteiger partial charge in [0.2, 0.25) is 0 Å². The molecule has 1 aliphatic heterocycles. The van der Waals surface area contributed by atoms with Crippen molar-refractivity contribution in [3.05, 3.63) is 64.8 Å². The smallest absolute Gasteiger partial charge is 0.147 e. The zero-order chi connectivity index (χ0) is 22.5. The summed E-state index contributed by atoms with van der Waals surface area (Å²) < 4.78 is 23.9. The molecule has 4 heteroatoms. The van der Waals surface area contributed by atoms with E-state index in [1.165, 1.54) is 12.0 Å². The summed E-state index contributed by atoms with van der Waals surface area (Å²) in [6.45, 7) is 5.19. The van der Waals surface area contributed by atoms with Gasteiger partial charge in [-0.2, -0.15) is 0 Å². The fourth-order valence-electron chi connectivity index (χ4n) is 7.47. The van der Waals surface area contributed by atoms with E-state index in [4.69, 9.17) is 18.9 Å². The van der Waals surface area contributed by atoms with E-state index in [-0.39, 0.29) is 16.4 Å². The van der Waals surface area contributed by atoms with Crippen molar-refractivity contribution < 1.29 is 18.9 Å². The first-order valence-corrected chi connectivity index (χ1v) is 12.6. The van der Waals surface area contributed by atoms with E-state index < -0.39 is 0 Å². The highest BCUT2D eigenvalue weighted by atomic mass is 16.7. The molecule has 33 heavy (non-hydrogen) atoms. The quantitative estimate of drug-likeness (QED) is 0.508. The van der Waals surface area contributed by atoms with Gasteiger partial charge < -0.3 is 18.9 Å². The third-order valence-corrected chi connectivity index (χ3v) is 9.45. The molecule has 0 unspecified atom stereocenters. The first kappa shape index (κ1) is 21.6. The van der Waals surface area contributed by atoms with Crippen LogP contribution in [-0.2, 0) is 20.8 Å². The lowest BCUT2D eigenvalue weighted by molar-refractivity contribution is -0.252. The Morgan fingerprint density at radius 3 is 2.82 bits per heavy atom. The van der Waals surface area contributed by atoms with E-state index in [2.05, 4.69) is 37.3 Å². The number of benzene rings is 1. The Labute approximate surface area is 197 Å². The zero-order valence-electron chi connectivity index (χ0n) is 20.0. The summed E-state index contributed by atoms with van der Waals surface area (Å²) in [5, 5.41) is 0. The van der Waals surface area contributed by atoms with Gasteiger partial charge in [-0.1, -0.05) is 42.9 Å². The van der Waals surface area contributed by atoms with Crippen molar-refractivity contribution >= 4 is 0 Å². The van der Waals surface area contributed by atoms with Crippen LogP contribution in [0.3, 0.4) is 0 Å². The summed E-state index contributed by atoms with van der Waals surface area (Å²) >= 11 is 0. The Morgan fingerprint density at radius 2 is 1.97 bits per heavy atom. The van der Waals surface area contributed by atoms with Gasteiger partial charge in [-0.3, -0.25) is 0 Å². The average molecular weight is 449 g/mol. The Balaban J connectivity index is 1.21. The van der Waals surface area contributed by atoms with Gasteiger partial charge in [0.15, 0.2) is 0 Å². The maximum Gasteiger partial charge on any atom is 0.147 e. The summed E-state index contributed by atoms with van der Waals surface area (Å²) in [4.78, 5) is 0. The van der Waals surface area contributed by atoms with Gasteiger partial charge in [0, 0.05) is 0 Å². The van der Waals surface area contributed by atoms with E-state index in [0.717, 1.165) is 57.5 Å². The molecule has 4 nitrogen and oxygen atoms in total. The van der Waals surface area contributed by atoms with Crippen LogP contribution in [0.25, 0.3) is 0 Å². The molecule has 4 atom stereocenters. The average Bonchev–Trinajstić information content (AvgIpc) is 3.19. The number of ether oxygens (including phenoxy) is 4. The van der Waals surface area contributed by atoms with Crippen LogP contribution in [0.4, 0.5) is 0 Å². The third-order valence-electron chi connectivity index (χ3n) is 9.45. The van der Waals surface area contributed by atoms with Gasteiger partial charge in [0.1, 0.15) is 12.5 Å². The van der Waals surface area contributed by atoms with Gasteiger partial charge in [-0.05, 0) is 85.1 Å². The van der Waals surface area contributed by atoms with Crippen molar-refractivity contribution in [1.82, 2.24) is 0 Å². The van der Waals surface area contributed by atoms with Crippen LogP contribution >= 0.6 is 0 Å². The third kappa shape index (κ3) is 3.21. The van der Waals surface area contributed by atoms with Crippen LogP contribution in [-0.4, -0.2) is 32.7 Å². The monoisotopic (exact) mass is 448 g/mol. The van der Waals surface area contributed by atoms with Gasteiger partial charge in [-0.15, -0.1) is 0 Å². The van der Waals surface area contributed by atoms with Gasteiger partial charge >= 0.3 is 0 Å². The number of methoxy groups -OCH3 is 1. The lowest BCUT2D eigenvalue weighted by atomic mass is 9.51. The normalized spacial score (nSPS) is 37.0. The molecule has 0 radical (unpaired) electrons. The van der Waals surface area contributed by atoms with Crippen LogP contribution in [0, 0.1) is 16.7 Å². The molecule has 0 N–H and O–H groups in total. The van der Waals surface area contributed by atoms with E-state index in [9.17, 15) is 0 Å². The minimum atomic E-state index is -0.0534. The molecule has 1 saturated heterocycles. The highest BCUT2D eigenvalue weighted by molar-refractivity contribution is 5.53. The van der Waals surface area contributed by atoms with Crippen LogP contribution in [0.2, 0.25) is 0 Å². The summed E-state index contributed by atoms with van der Waals surface area (Å²) in [6, 6.07) is 8.20. The van der Waals surface area contributed by atoms with E-state index in [0.29, 0.717) is 19.3 Å². The molecule has 0 aromatic heterocycles. The summed E-state index contributed by atoms with van der Waals surface area (Å²) in [6.07, 6.45) is 15.3. The van der Waals surface area contributed by atoms with Crippen LogP contribution in [0.1, 0.15) is 57.4 Å². The number of fused-ring (bicyclic) bond motifs is 2. The molecule has 0 bridgehead atoms. The number of hydrogen-bond acceptors (Lipinski definition) is 4. The minimum Gasteiger partial charge on any atom is -0.497 e. The molecular formula is C29H36O4. The number of hydrogen-bond donors (Lipinski definition) is 0. The predicted octanol–water partition coefficient (Wildman–Crippen LogP) is 6.13. The minimum absolute atomic E-state index is 0.0490. The van der Waals surface area contributed by atoms with E-state index in [1.54, 1.807) is 23.8 Å². The van der Waals surface area contributed by atoms with Crippen LogP contribution in [0.5, 0.6) is 5.75 Å². The maximum absolute atomic E-state index is 6.43. The van der Waals surface area contributed by atoms with Crippen molar-refractivity contribution in [3.63, 3.8) is 0 Å². The molecule has 4 aliphatic carbocycles. The fourth-order valence-corrected chi connectivity index (χ4v) is 7.47. The fraction of sp³-hybridized carbons (Fsp3) is 0.586. The highest BCUT2D eigenvalue weighted by Gasteiger charge is 2.61.